The fourth-order valence-electron chi connectivity index (χ4n) is 4.66. The van der Waals surface area contributed by atoms with Crippen molar-refractivity contribution < 1.29 is 0 Å². The summed E-state index contributed by atoms with van der Waals surface area (Å²) < 4.78 is 3.37. The van der Waals surface area contributed by atoms with Crippen molar-refractivity contribution in [3.05, 3.63) is 114 Å². The summed E-state index contributed by atoms with van der Waals surface area (Å²) in [6, 6.07) is 39.1. The summed E-state index contributed by atoms with van der Waals surface area (Å²) in [5.74, 6) is 0. The number of aromatic nitrogens is 1. The van der Waals surface area contributed by atoms with E-state index in [9.17, 15) is 0 Å². The molecule has 154 valence electrons. The van der Waals surface area contributed by atoms with Crippen LogP contribution in [0.25, 0.3) is 32.6 Å². The van der Waals surface area contributed by atoms with Gasteiger partial charge in [0.2, 0.25) is 0 Å². The Balaban J connectivity index is 1.59. The molecule has 0 amide bonds. The van der Waals surface area contributed by atoms with Crippen LogP contribution < -0.4 is 4.90 Å². The van der Waals surface area contributed by atoms with Crippen molar-refractivity contribution in [1.29, 1.82) is 0 Å². The molecule has 0 atom stereocenters. The van der Waals surface area contributed by atoms with Crippen molar-refractivity contribution in [3.63, 3.8) is 0 Å². The molecule has 6 rings (SSSR count). The second-order valence-electron chi connectivity index (χ2n) is 8.12. The highest BCUT2D eigenvalue weighted by Gasteiger charge is 2.15. The maximum Gasteiger partial charge on any atom is 0.0490 e. The van der Waals surface area contributed by atoms with Crippen LogP contribution in [-0.2, 0) is 7.05 Å². The number of hydrogen-bond donors (Lipinski definition) is 0. The number of benzene rings is 5. The molecule has 0 aliphatic heterocycles. The van der Waals surface area contributed by atoms with Gasteiger partial charge in [0, 0.05) is 50.4 Å². The minimum absolute atomic E-state index is 1.10. The Bertz CT molecular complexity index is 1600. The van der Waals surface area contributed by atoms with Crippen LogP contribution in [0, 0.1) is 0 Å². The number of halogens is 1. The standard InChI is InChI=1S/C29H21BrN2/c1-31-28-10-6-5-9-26(28)27-19-25(15-16-29(27)31)32(23-7-3-2-4-8-23)24-14-12-20-17-22(30)13-11-21(20)18-24/h2-19H,1H3. The van der Waals surface area contributed by atoms with Crippen LogP contribution in [0.5, 0.6) is 0 Å². The first-order chi connectivity index (χ1) is 15.7. The molecule has 0 N–H and O–H groups in total. The second-order valence-corrected chi connectivity index (χ2v) is 9.04. The third-order valence-electron chi connectivity index (χ3n) is 6.21. The average Bonchev–Trinajstić information content (AvgIpc) is 3.12. The number of aryl methyl sites for hydroxylation is 1. The van der Waals surface area contributed by atoms with Crippen molar-refractivity contribution in [2.75, 3.05) is 4.90 Å². The molecule has 5 aromatic carbocycles. The summed E-state index contributed by atoms with van der Waals surface area (Å²) in [7, 11) is 2.14. The lowest BCUT2D eigenvalue weighted by atomic mass is 10.1. The van der Waals surface area contributed by atoms with Gasteiger partial charge in [-0.3, -0.25) is 0 Å². The zero-order valence-corrected chi connectivity index (χ0v) is 19.3. The first-order valence-corrected chi connectivity index (χ1v) is 11.5. The summed E-state index contributed by atoms with van der Waals surface area (Å²) in [6.45, 7) is 0. The van der Waals surface area contributed by atoms with Gasteiger partial charge in [0.15, 0.2) is 0 Å². The summed E-state index contributed by atoms with van der Waals surface area (Å²) in [4.78, 5) is 2.34. The molecule has 0 unspecified atom stereocenters. The van der Waals surface area contributed by atoms with Gasteiger partial charge in [0.05, 0.1) is 0 Å². The van der Waals surface area contributed by atoms with E-state index in [-0.39, 0.29) is 0 Å². The second kappa shape index (κ2) is 7.54. The van der Waals surface area contributed by atoms with Crippen LogP contribution in [-0.4, -0.2) is 4.57 Å². The first kappa shape index (κ1) is 19.1. The zero-order chi connectivity index (χ0) is 21.7. The van der Waals surface area contributed by atoms with Gasteiger partial charge < -0.3 is 9.47 Å². The quantitative estimate of drug-likeness (QED) is 0.247. The Labute approximate surface area is 195 Å². The molecule has 1 aromatic heterocycles. The van der Waals surface area contributed by atoms with Crippen LogP contribution in [0.15, 0.2) is 114 Å². The molecule has 0 aliphatic carbocycles. The lowest BCUT2D eigenvalue weighted by Crippen LogP contribution is -2.09. The maximum absolute atomic E-state index is 3.59. The maximum atomic E-state index is 3.59. The van der Waals surface area contributed by atoms with Gasteiger partial charge in [-0.2, -0.15) is 0 Å². The van der Waals surface area contributed by atoms with E-state index in [0.717, 1.165) is 21.5 Å². The lowest BCUT2D eigenvalue weighted by Gasteiger charge is -2.26. The number of anilines is 3. The van der Waals surface area contributed by atoms with Gasteiger partial charge in [-0.1, -0.05) is 64.5 Å². The van der Waals surface area contributed by atoms with Crippen molar-refractivity contribution in [3.8, 4) is 0 Å². The van der Waals surface area contributed by atoms with E-state index in [0.29, 0.717) is 0 Å². The van der Waals surface area contributed by atoms with Crippen molar-refractivity contribution in [1.82, 2.24) is 4.57 Å². The van der Waals surface area contributed by atoms with Gasteiger partial charge in [-0.05, 0) is 71.4 Å². The van der Waals surface area contributed by atoms with Crippen molar-refractivity contribution in [2.45, 2.75) is 0 Å². The Morgan fingerprint density at radius 3 is 2.09 bits per heavy atom. The number of hydrogen-bond acceptors (Lipinski definition) is 1. The molecular weight excluding hydrogens is 456 g/mol. The molecule has 0 bridgehead atoms. The van der Waals surface area contributed by atoms with E-state index in [4.69, 9.17) is 0 Å². The van der Waals surface area contributed by atoms with E-state index in [1.54, 1.807) is 0 Å². The fraction of sp³-hybridized carbons (Fsp3) is 0.0345. The Morgan fingerprint density at radius 2 is 1.22 bits per heavy atom. The highest BCUT2D eigenvalue weighted by molar-refractivity contribution is 9.10. The molecule has 0 spiro atoms. The van der Waals surface area contributed by atoms with Crippen LogP contribution in [0.3, 0.4) is 0 Å². The van der Waals surface area contributed by atoms with E-state index >= 15 is 0 Å². The SMILES string of the molecule is Cn1c2ccccc2c2cc(N(c3ccccc3)c3ccc4cc(Br)ccc4c3)ccc21. The molecule has 1 heterocycles. The van der Waals surface area contributed by atoms with Crippen molar-refractivity contribution >= 4 is 65.6 Å². The molecule has 6 aromatic rings. The molecule has 0 aliphatic rings. The van der Waals surface area contributed by atoms with E-state index < -0.39 is 0 Å². The normalized spacial score (nSPS) is 11.4. The Morgan fingerprint density at radius 1 is 0.562 bits per heavy atom. The molecule has 0 saturated heterocycles. The monoisotopic (exact) mass is 476 g/mol. The van der Waals surface area contributed by atoms with Gasteiger partial charge >= 0.3 is 0 Å². The summed E-state index contributed by atoms with van der Waals surface area (Å²) in [6.07, 6.45) is 0. The number of rotatable bonds is 3. The van der Waals surface area contributed by atoms with Crippen LogP contribution in [0.1, 0.15) is 0 Å². The molecule has 0 fully saturated rings. The van der Waals surface area contributed by atoms with Gasteiger partial charge in [-0.15, -0.1) is 0 Å². The Kier molecular flexibility index (Phi) is 4.51. The smallest absolute Gasteiger partial charge is 0.0490 e. The zero-order valence-electron chi connectivity index (χ0n) is 17.7. The first-order valence-electron chi connectivity index (χ1n) is 10.7. The van der Waals surface area contributed by atoms with Crippen LogP contribution >= 0.6 is 15.9 Å². The third kappa shape index (κ3) is 3.09. The molecule has 0 saturated carbocycles. The number of para-hydroxylation sites is 2. The lowest BCUT2D eigenvalue weighted by molar-refractivity contribution is 1.01. The third-order valence-corrected chi connectivity index (χ3v) is 6.71. The predicted octanol–water partition coefficient (Wildman–Crippen LogP) is 8.72. The highest BCUT2D eigenvalue weighted by atomic mass is 79.9. The van der Waals surface area contributed by atoms with E-state index in [1.807, 2.05) is 0 Å². The van der Waals surface area contributed by atoms with Gasteiger partial charge in [0.25, 0.3) is 0 Å². The number of nitrogens with zero attached hydrogens (tertiary/aromatic N) is 2. The molecule has 2 nitrogen and oxygen atoms in total. The van der Waals surface area contributed by atoms with Crippen molar-refractivity contribution in [2.24, 2.45) is 7.05 Å². The van der Waals surface area contributed by atoms with Crippen LogP contribution in [0.2, 0.25) is 0 Å². The molecular formula is C29H21BrN2. The largest absolute Gasteiger partial charge is 0.344 e. The van der Waals surface area contributed by atoms with Gasteiger partial charge in [-0.25, -0.2) is 0 Å². The average molecular weight is 477 g/mol. The summed E-state index contributed by atoms with van der Waals surface area (Å²) in [5, 5.41) is 4.99. The topological polar surface area (TPSA) is 8.17 Å². The minimum atomic E-state index is 1.10. The summed E-state index contributed by atoms with van der Waals surface area (Å²) >= 11 is 3.59. The Hall–Kier alpha value is -3.56. The highest BCUT2D eigenvalue weighted by Crippen LogP contribution is 2.39. The van der Waals surface area contributed by atoms with E-state index in [2.05, 4.69) is 142 Å². The number of fused-ring (bicyclic) bond motifs is 4. The molecule has 0 radical (unpaired) electrons. The molecule has 3 heteroatoms. The fourth-order valence-corrected chi connectivity index (χ4v) is 5.04. The predicted molar refractivity (Wildman–Crippen MR) is 140 cm³/mol. The van der Waals surface area contributed by atoms with Crippen LogP contribution in [0.4, 0.5) is 17.1 Å². The minimum Gasteiger partial charge on any atom is -0.344 e. The van der Waals surface area contributed by atoms with E-state index in [1.165, 1.54) is 32.6 Å². The molecule has 32 heavy (non-hydrogen) atoms. The van der Waals surface area contributed by atoms with Gasteiger partial charge in [0.1, 0.15) is 0 Å². The summed E-state index contributed by atoms with van der Waals surface area (Å²) in [5.41, 5.74) is 5.93.